The molecule has 0 radical (unpaired) electrons. The molecule has 18 heavy (non-hydrogen) atoms. The molecule has 7 heteroatoms. The van der Waals surface area contributed by atoms with Crippen molar-refractivity contribution in [3.05, 3.63) is 0 Å². The number of urea groups is 1. The molecule has 2 aliphatic rings. The van der Waals surface area contributed by atoms with Crippen LogP contribution in [0.5, 0.6) is 0 Å². The Labute approximate surface area is 105 Å². The highest BCUT2D eigenvalue weighted by Gasteiger charge is 2.43. The normalized spacial score (nSPS) is 23.8. The van der Waals surface area contributed by atoms with Crippen molar-refractivity contribution in [2.45, 2.75) is 32.4 Å². The summed E-state index contributed by atoms with van der Waals surface area (Å²) >= 11 is 0. The van der Waals surface area contributed by atoms with Crippen LogP contribution in [0.3, 0.4) is 0 Å². The van der Waals surface area contributed by atoms with E-state index in [4.69, 9.17) is 4.74 Å². The second-order valence-electron chi connectivity index (χ2n) is 5.43. The fraction of sp³-hybridized carbons (Fsp3) is 0.727. The van der Waals surface area contributed by atoms with Crippen molar-refractivity contribution in [1.29, 1.82) is 0 Å². The number of amides is 4. The standard InChI is InChI=1S/C11H17N3O4/c1-11(2,3)18-10(17)13-4-5-14-7(6-13)8(15)12-9(14)16/h7H,4-6H2,1-3H3,(H,12,15,16). The van der Waals surface area contributed by atoms with Gasteiger partial charge in [0, 0.05) is 13.1 Å². The Morgan fingerprint density at radius 3 is 2.61 bits per heavy atom. The first-order chi connectivity index (χ1) is 8.28. The lowest BCUT2D eigenvalue weighted by Crippen LogP contribution is -2.55. The molecule has 2 fully saturated rings. The lowest BCUT2D eigenvalue weighted by molar-refractivity contribution is -0.122. The lowest BCUT2D eigenvalue weighted by atomic mass is 10.2. The van der Waals surface area contributed by atoms with Gasteiger partial charge in [-0.25, -0.2) is 9.59 Å². The lowest BCUT2D eigenvalue weighted by Gasteiger charge is -2.36. The average Bonchev–Trinajstić information content (AvgIpc) is 2.52. The number of imide groups is 1. The molecule has 2 rings (SSSR count). The second-order valence-corrected chi connectivity index (χ2v) is 5.43. The van der Waals surface area contributed by atoms with Crippen LogP contribution in [0.15, 0.2) is 0 Å². The quantitative estimate of drug-likeness (QED) is 0.625. The number of carbonyl (C=O) groups is 3. The monoisotopic (exact) mass is 255 g/mol. The van der Waals surface area contributed by atoms with Crippen LogP contribution in [0.4, 0.5) is 9.59 Å². The summed E-state index contributed by atoms with van der Waals surface area (Å²) in [6.07, 6.45) is -0.450. The van der Waals surface area contributed by atoms with Gasteiger partial charge < -0.3 is 14.5 Å². The largest absolute Gasteiger partial charge is 0.444 e. The number of rotatable bonds is 0. The molecular formula is C11H17N3O4. The molecule has 0 aromatic heterocycles. The predicted molar refractivity (Wildman–Crippen MR) is 61.8 cm³/mol. The van der Waals surface area contributed by atoms with Gasteiger partial charge >= 0.3 is 12.1 Å². The summed E-state index contributed by atoms with van der Waals surface area (Å²) in [7, 11) is 0. The van der Waals surface area contributed by atoms with Gasteiger partial charge in [0.1, 0.15) is 11.6 Å². The van der Waals surface area contributed by atoms with E-state index in [1.165, 1.54) is 9.80 Å². The summed E-state index contributed by atoms with van der Waals surface area (Å²) in [6.45, 7) is 6.27. The maximum Gasteiger partial charge on any atom is 0.410 e. The third kappa shape index (κ3) is 2.39. The van der Waals surface area contributed by atoms with Gasteiger partial charge in [-0.05, 0) is 20.8 Å². The fourth-order valence-electron chi connectivity index (χ4n) is 2.00. The SMILES string of the molecule is CC(C)(C)OC(=O)N1CCN2C(=O)NC(=O)C2C1. The average molecular weight is 255 g/mol. The molecule has 0 aromatic rings. The van der Waals surface area contributed by atoms with E-state index in [-0.39, 0.29) is 18.5 Å². The van der Waals surface area contributed by atoms with E-state index in [9.17, 15) is 14.4 Å². The molecule has 100 valence electrons. The van der Waals surface area contributed by atoms with Gasteiger partial charge in [-0.3, -0.25) is 10.1 Å². The topological polar surface area (TPSA) is 79.0 Å². The first-order valence-electron chi connectivity index (χ1n) is 5.87. The molecule has 0 aromatic carbocycles. The van der Waals surface area contributed by atoms with E-state index >= 15 is 0 Å². The Morgan fingerprint density at radius 1 is 1.33 bits per heavy atom. The molecule has 4 amide bonds. The fourth-order valence-corrected chi connectivity index (χ4v) is 2.00. The van der Waals surface area contributed by atoms with Crippen LogP contribution in [0.25, 0.3) is 0 Å². The minimum Gasteiger partial charge on any atom is -0.444 e. The van der Waals surface area contributed by atoms with E-state index in [2.05, 4.69) is 5.32 Å². The zero-order valence-corrected chi connectivity index (χ0v) is 10.7. The summed E-state index contributed by atoms with van der Waals surface area (Å²) in [6, 6.07) is -0.965. The minimum absolute atomic E-state index is 0.187. The van der Waals surface area contributed by atoms with Gasteiger partial charge in [-0.1, -0.05) is 0 Å². The van der Waals surface area contributed by atoms with Crippen LogP contribution in [0.1, 0.15) is 20.8 Å². The van der Waals surface area contributed by atoms with Crippen LogP contribution in [-0.4, -0.2) is 59.1 Å². The number of nitrogens with one attached hydrogen (secondary N) is 1. The maximum atomic E-state index is 11.9. The molecule has 0 bridgehead atoms. The van der Waals surface area contributed by atoms with Crippen molar-refractivity contribution in [2.75, 3.05) is 19.6 Å². The third-order valence-corrected chi connectivity index (χ3v) is 2.83. The highest BCUT2D eigenvalue weighted by atomic mass is 16.6. The Hall–Kier alpha value is -1.79. The van der Waals surface area contributed by atoms with Crippen LogP contribution < -0.4 is 5.32 Å². The Kier molecular flexibility index (Phi) is 2.92. The summed E-state index contributed by atoms with van der Waals surface area (Å²) in [5.74, 6) is -0.353. The Morgan fingerprint density at radius 2 is 2.00 bits per heavy atom. The van der Waals surface area contributed by atoms with Gasteiger partial charge in [-0.2, -0.15) is 0 Å². The molecule has 1 atom stereocenters. The third-order valence-electron chi connectivity index (χ3n) is 2.83. The predicted octanol–water partition coefficient (Wildman–Crippen LogP) is 0.158. The minimum atomic E-state index is -0.584. The molecule has 0 aliphatic carbocycles. The zero-order valence-electron chi connectivity index (χ0n) is 10.7. The number of carbonyl (C=O) groups excluding carboxylic acids is 3. The molecule has 2 saturated heterocycles. The maximum absolute atomic E-state index is 11.9. The second kappa shape index (κ2) is 4.15. The van der Waals surface area contributed by atoms with E-state index in [1.54, 1.807) is 20.8 Å². The van der Waals surface area contributed by atoms with Gasteiger partial charge in [0.2, 0.25) is 0 Å². The number of hydrogen-bond acceptors (Lipinski definition) is 4. The van der Waals surface area contributed by atoms with Gasteiger partial charge in [0.25, 0.3) is 5.91 Å². The van der Waals surface area contributed by atoms with E-state index < -0.39 is 17.7 Å². The number of piperazine rings is 1. The molecule has 0 spiro atoms. The summed E-state index contributed by atoms with van der Waals surface area (Å²) in [4.78, 5) is 37.7. The number of nitrogens with zero attached hydrogens (tertiary/aromatic N) is 2. The summed E-state index contributed by atoms with van der Waals surface area (Å²) in [5.41, 5.74) is -0.567. The molecule has 2 heterocycles. The summed E-state index contributed by atoms with van der Waals surface area (Å²) < 4.78 is 5.24. The van der Waals surface area contributed by atoms with Crippen LogP contribution in [0.2, 0.25) is 0 Å². The molecule has 1 N–H and O–H groups in total. The van der Waals surface area contributed by atoms with Crippen molar-refractivity contribution in [3.63, 3.8) is 0 Å². The van der Waals surface area contributed by atoms with Gasteiger partial charge in [0.15, 0.2) is 0 Å². The Balaban J connectivity index is 2.01. The van der Waals surface area contributed by atoms with Crippen molar-refractivity contribution in [2.24, 2.45) is 0 Å². The highest BCUT2D eigenvalue weighted by Crippen LogP contribution is 2.17. The molecule has 2 aliphatic heterocycles. The Bertz CT molecular complexity index is 402. The zero-order chi connectivity index (χ0) is 13.5. The first-order valence-corrected chi connectivity index (χ1v) is 5.87. The highest BCUT2D eigenvalue weighted by molar-refractivity contribution is 6.04. The number of ether oxygens (including phenoxy) is 1. The van der Waals surface area contributed by atoms with Crippen molar-refractivity contribution >= 4 is 18.0 Å². The number of fused-ring (bicyclic) bond motifs is 1. The molecule has 1 unspecified atom stereocenters. The van der Waals surface area contributed by atoms with E-state index in [1.807, 2.05) is 0 Å². The van der Waals surface area contributed by atoms with Gasteiger partial charge in [0.05, 0.1) is 6.54 Å². The van der Waals surface area contributed by atoms with Crippen LogP contribution >= 0.6 is 0 Å². The smallest absolute Gasteiger partial charge is 0.410 e. The molecule has 0 saturated carbocycles. The van der Waals surface area contributed by atoms with E-state index in [0.29, 0.717) is 13.1 Å². The number of hydrogen-bond donors (Lipinski definition) is 1. The summed E-state index contributed by atoms with van der Waals surface area (Å²) in [5, 5.41) is 2.24. The van der Waals surface area contributed by atoms with Gasteiger partial charge in [-0.15, -0.1) is 0 Å². The molecule has 7 nitrogen and oxygen atoms in total. The van der Waals surface area contributed by atoms with Crippen molar-refractivity contribution in [1.82, 2.24) is 15.1 Å². The van der Waals surface area contributed by atoms with E-state index in [0.717, 1.165) is 0 Å². The van der Waals surface area contributed by atoms with Crippen LogP contribution in [-0.2, 0) is 9.53 Å². The van der Waals surface area contributed by atoms with Crippen molar-refractivity contribution < 1.29 is 19.1 Å². The van der Waals surface area contributed by atoms with Crippen molar-refractivity contribution in [3.8, 4) is 0 Å². The van der Waals surface area contributed by atoms with Crippen LogP contribution in [0, 0.1) is 0 Å². The first kappa shape index (κ1) is 12.7. The molecular weight excluding hydrogens is 238 g/mol.